The molecule has 0 aromatic rings. The van der Waals surface area contributed by atoms with Crippen LogP contribution in [0, 0.1) is 0 Å². The molecule has 0 aliphatic carbocycles. The lowest BCUT2D eigenvalue weighted by atomic mass is 10.1. The molecule has 0 aromatic heterocycles. The van der Waals surface area contributed by atoms with Crippen LogP contribution in [-0.4, -0.2) is 53.7 Å². The van der Waals surface area contributed by atoms with Crippen molar-refractivity contribution in [2.75, 3.05) is 32.0 Å². The van der Waals surface area contributed by atoms with Gasteiger partial charge in [0.2, 0.25) is 0 Å². The van der Waals surface area contributed by atoms with Gasteiger partial charge in [-0.1, -0.05) is 0 Å². The van der Waals surface area contributed by atoms with Gasteiger partial charge in [-0.2, -0.15) is 0 Å². The van der Waals surface area contributed by atoms with Gasteiger partial charge >= 0.3 is 5.97 Å². The number of fused-ring (bicyclic) bond motifs is 1. The number of nitrogens with zero attached hydrogens (tertiary/aromatic N) is 3. The third-order valence-corrected chi connectivity index (χ3v) is 4.38. The summed E-state index contributed by atoms with van der Waals surface area (Å²) in [7, 11) is 0. The summed E-state index contributed by atoms with van der Waals surface area (Å²) in [6, 6.07) is 0. The molecule has 0 N–H and O–H groups in total. The molecule has 3 aliphatic rings. The lowest BCUT2D eigenvalue weighted by Crippen LogP contribution is -2.36. The Bertz CT molecular complexity index is 496. The van der Waals surface area contributed by atoms with E-state index < -0.39 is 0 Å². The van der Waals surface area contributed by atoms with Crippen molar-refractivity contribution in [3.63, 3.8) is 0 Å². The summed E-state index contributed by atoms with van der Waals surface area (Å²) in [5.74, 6) is 1.78. The fraction of sp³-hybridized carbons (Fsp3) is 0.615. The van der Waals surface area contributed by atoms with Crippen LogP contribution in [0.2, 0.25) is 0 Å². The molecule has 0 unspecified atom stereocenters. The van der Waals surface area contributed by atoms with Crippen molar-refractivity contribution < 1.29 is 9.53 Å². The number of esters is 1. The van der Waals surface area contributed by atoms with Crippen LogP contribution in [-0.2, 0) is 9.53 Å². The molecule has 0 radical (unpaired) electrons. The maximum atomic E-state index is 12.0. The van der Waals surface area contributed by atoms with Gasteiger partial charge in [0.15, 0.2) is 5.84 Å². The van der Waals surface area contributed by atoms with Gasteiger partial charge in [-0.05, 0) is 19.8 Å². The number of carbonyl (C=O) groups is 1. The van der Waals surface area contributed by atoms with Crippen LogP contribution < -0.4 is 0 Å². The number of carbonyl (C=O) groups excluding carboxylic acids is 1. The second-order valence-corrected chi connectivity index (χ2v) is 5.66. The Morgan fingerprint density at radius 1 is 1.47 bits per heavy atom. The first kappa shape index (κ1) is 12.7. The summed E-state index contributed by atoms with van der Waals surface area (Å²) in [4.78, 5) is 23.2. The third-order valence-electron chi connectivity index (χ3n) is 3.41. The van der Waals surface area contributed by atoms with Gasteiger partial charge < -0.3 is 9.64 Å². The zero-order valence-electron chi connectivity index (χ0n) is 11.0. The molecule has 6 heteroatoms. The highest BCUT2D eigenvalue weighted by atomic mass is 32.2. The lowest BCUT2D eigenvalue weighted by Gasteiger charge is -2.27. The molecule has 1 fully saturated rings. The van der Waals surface area contributed by atoms with Gasteiger partial charge in [-0.15, -0.1) is 11.8 Å². The fourth-order valence-electron chi connectivity index (χ4n) is 2.61. The van der Waals surface area contributed by atoms with E-state index in [0.717, 1.165) is 53.8 Å². The molecule has 5 nitrogen and oxygen atoms in total. The average Bonchev–Trinajstić information content (AvgIpc) is 3.09. The van der Waals surface area contributed by atoms with Crippen molar-refractivity contribution in [3.8, 4) is 0 Å². The van der Waals surface area contributed by atoms with Gasteiger partial charge in [-0.3, -0.25) is 9.98 Å². The highest BCUT2D eigenvalue weighted by Crippen LogP contribution is 2.31. The molecule has 19 heavy (non-hydrogen) atoms. The number of amidine groups is 1. The third kappa shape index (κ3) is 2.29. The van der Waals surface area contributed by atoms with E-state index in [0.29, 0.717) is 13.2 Å². The Hall–Kier alpha value is -1.30. The Morgan fingerprint density at radius 2 is 2.37 bits per heavy atom. The van der Waals surface area contributed by atoms with E-state index in [1.165, 1.54) is 0 Å². The smallest absolute Gasteiger partial charge is 0.337 e. The largest absolute Gasteiger partial charge is 0.463 e. The Labute approximate surface area is 116 Å². The summed E-state index contributed by atoms with van der Waals surface area (Å²) >= 11 is 1.76. The normalized spacial score (nSPS) is 22.3. The number of hydrogen-bond donors (Lipinski definition) is 0. The molecule has 3 aliphatic heterocycles. The minimum Gasteiger partial charge on any atom is -0.463 e. The van der Waals surface area contributed by atoms with E-state index in [1.807, 2.05) is 6.92 Å². The molecule has 3 rings (SSSR count). The van der Waals surface area contributed by atoms with Crippen LogP contribution in [0.15, 0.2) is 21.3 Å². The molecule has 1 saturated heterocycles. The molecule has 0 spiro atoms. The highest BCUT2D eigenvalue weighted by molar-refractivity contribution is 8.16. The second kappa shape index (κ2) is 5.36. The van der Waals surface area contributed by atoms with Gasteiger partial charge in [0, 0.05) is 24.5 Å². The minimum absolute atomic E-state index is 0.215. The molecule has 102 valence electrons. The summed E-state index contributed by atoms with van der Waals surface area (Å²) in [6.45, 7) is 4.47. The number of aliphatic imine (C=N–C) groups is 2. The number of thioether (sulfide) groups is 1. The summed E-state index contributed by atoms with van der Waals surface area (Å²) in [5, 5.41) is 1.03. The highest BCUT2D eigenvalue weighted by Gasteiger charge is 2.34. The van der Waals surface area contributed by atoms with Crippen LogP contribution in [0.4, 0.5) is 0 Å². The number of allylic oxidation sites excluding steroid dienone is 1. The molecular weight excluding hydrogens is 262 g/mol. The van der Waals surface area contributed by atoms with Crippen molar-refractivity contribution in [3.05, 3.63) is 11.3 Å². The van der Waals surface area contributed by atoms with Crippen molar-refractivity contribution in [2.24, 2.45) is 9.98 Å². The van der Waals surface area contributed by atoms with E-state index in [2.05, 4.69) is 14.9 Å². The molecule has 0 atom stereocenters. The van der Waals surface area contributed by atoms with E-state index in [-0.39, 0.29) is 5.97 Å². The Morgan fingerprint density at radius 3 is 3.11 bits per heavy atom. The van der Waals surface area contributed by atoms with Crippen molar-refractivity contribution >= 4 is 28.6 Å². The molecular formula is C13H17N3O2S. The first-order chi connectivity index (χ1) is 9.31. The number of ether oxygens (including phenoxy) is 1. The molecule has 3 heterocycles. The predicted molar refractivity (Wildman–Crippen MR) is 76.7 cm³/mol. The first-order valence-electron chi connectivity index (χ1n) is 6.70. The number of hydrogen-bond acceptors (Lipinski definition) is 6. The topological polar surface area (TPSA) is 54.3 Å². The second-order valence-electron chi connectivity index (χ2n) is 4.58. The van der Waals surface area contributed by atoms with Gasteiger partial charge in [0.1, 0.15) is 5.04 Å². The van der Waals surface area contributed by atoms with Crippen LogP contribution in [0.25, 0.3) is 0 Å². The average molecular weight is 279 g/mol. The van der Waals surface area contributed by atoms with Gasteiger partial charge in [0.05, 0.1) is 18.7 Å². The Kier molecular flexibility index (Phi) is 3.59. The monoisotopic (exact) mass is 279 g/mol. The molecule has 0 saturated carbocycles. The van der Waals surface area contributed by atoms with Gasteiger partial charge in [-0.25, -0.2) is 4.79 Å². The SMILES string of the molecule is CCOC(=O)C1=C2CCCN2C(C2=NCCS2)=NC1. The van der Waals surface area contributed by atoms with Crippen molar-refractivity contribution in [1.29, 1.82) is 0 Å². The fourth-order valence-corrected chi connectivity index (χ4v) is 3.47. The lowest BCUT2D eigenvalue weighted by molar-refractivity contribution is -0.138. The zero-order chi connectivity index (χ0) is 13.2. The summed E-state index contributed by atoms with van der Waals surface area (Å²) in [6.07, 6.45) is 2.00. The molecule has 0 aromatic carbocycles. The van der Waals surface area contributed by atoms with E-state index in [4.69, 9.17) is 4.74 Å². The van der Waals surface area contributed by atoms with Crippen molar-refractivity contribution in [1.82, 2.24) is 4.90 Å². The van der Waals surface area contributed by atoms with Gasteiger partial charge in [0.25, 0.3) is 0 Å². The van der Waals surface area contributed by atoms with Crippen LogP contribution >= 0.6 is 11.8 Å². The maximum Gasteiger partial charge on any atom is 0.337 e. The van der Waals surface area contributed by atoms with E-state index in [1.54, 1.807) is 11.8 Å². The Balaban J connectivity index is 1.87. The van der Waals surface area contributed by atoms with Crippen LogP contribution in [0.1, 0.15) is 19.8 Å². The molecule has 0 bridgehead atoms. The summed E-state index contributed by atoms with van der Waals surface area (Å²) in [5.41, 5.74) is 1.82. The molecule has 0 amide bonds. The minimum atomic E-state index is -0.215. The summed E-state index contributed by atoms with van der Waals surface area (Å²) < 4.78 is 5.12. The van der Waals surface area contributed by atoms with E-state index >= 15 is 0 Å². The van der Waals surface area contributed by atoms with E-state index in [9.17, 15) is 4.79 Å². The maximum absolute atomic E-state index is 12.0. The first-order valence-corrected chi connectivity index (χ1v) is 7.68. The van der Waals surface area contributed by atoms with Crippen LogP contribution in [0.3, 0.4) is 0 Å². The standard InChI is InChI=1S/C13H17N3O2S/c1-2-18-13(17)9-8-15-11(12-14-5-7-19-12)16-6-3-4-10(9)16/h2-8H2,1H3. The van der Waals surface area contributed by atoms with Crippen LogP contribution in [0.5, 0.6) is 0 Å². The quantitative estimate of drug-likeness (QED) is 0.734. The zero-order valence-corrected chi connectivity index (χ0v) is 11.8. The predicted octanol–water partition coefficient (Wildman–Crippen LogP) is 1.46. The van der Waals surface area contributed by atoms with Crippen molar-refractivity contribution in [2.45, 2.75) is 19.8 Å². The number of rotatable bonds is 3.